The van der Waals surface area contributed by atoms with Gasteiger partial charge in [0.25, 0.3) is 0 Å². The lowest BCUT2D eigenvalue weighted by Crippen LogP contribution is -1.99. The summed E-state index contributed by atoms with van der Waals surface area (Å²) in [6, 6.07) is 28.8. The monoisotopic (exact) mass is 419 g/mol. The molecule has 0 aliphatic rings. The summed E-state index contributed by atoms with van der Waals surface area (Å²) in [6.07, 6.45) is 4.62. The third-order valence-electron chi connectivity index (χ3n) is 5.09. The molecule has 0 radical (unpaired) electrons. The summed E-state index contributed by atoms with van der Waals surface area (Å²) in [7, 11) is 0. The molecule has 0 spiro atoms. The number of aromatic amines is 1. The first kappa shape index (κ1) is 19.6. The van der Waals surface area contributed by atoms with Crippen LogP contribution in [0.3, 0.4) is 0 Å². The Kier molecular flexibility index (Phi) is 5.66. The third-order valence-corrected chi connectivity index (χ3v) is 5.09. The number of fused-ring (bicyclic) bond motifs is 1. The van der Waals surface area contributed by atoms with Crippen LogP contribution in [0.2, 0.25) is 0 Å². The predicted molar refractivity (Wildman–Crippen MR) is 125 cm³/mol. The van der Waals surface area contributed by atoms with Gasteiger partial charge in [-0.05, 0) is 58.7 Å². The van der Waals surface area contributed by atoms with Gasteiger partial charge >= 0.3 is 0 Å². The largest absolute Gasteiger partial charge is 0.487 e. The molecule has 0 amide bonds. The normalized spacial score (nSPS) is 11.2. The van der Waals surface area contributed by atoms with Crippen LogP contribution >= 0.6 is 0 Å². The molecule has 2 aromatic heterocycles. The number of nitrogens with zero attached hydrogens (tertiary/aromatic N) is 4. The van der Waals surface area contributed by atoms with E-state index >= 15 is 0 Å². The quantitative estimate of drug-likeness (QED) is 0.398. The molecule has 0 aliphatic heterocycles. The van der Waals surface area contributed by atoms with Crippen LogP contribution in [0.4, 0.5) is 0 Å². The lowest BCUT2D eigenvalue weighted by molar-refractivity contribution is 0.301. The van der Waals surface area contributed by atoms with Crippen molar-refractivity contribution in [3.63, 3.8) is 0 Å². The Morgan fingerprint density at radius 2 is 1.69 bits per heavy atom. The summed E-state index contributed by atoms with van der Waals surface area (Å²) in [5.41, 5.74) is 5.38. The Morgan fingerprint density at radius 3 is 2.59 bits per heavy atom. The SMILES string of the molecule is C(=Cc1nn[nH]n1)c1cccc(Cc2cccc(OCc3ccc4ccccc4n3)c2)c1. The number of tetrazole rings is 1. The maximum absolute atomic E-state index is 6.03. The minimum atomic E-state index is 0.435. The molecule has 5 aromatic rings. The van der Waals surface area contributed by atoms with E-state index < -0.39 is 0 Å². The second kappa shape index (κ2) is 9.22. The molecule has 6 nitrogen and oxygen atoms in total. The van der Waals surface area contributed by atoms with Crippen LogP contribution in [0, 0.1) is 0 Å². The van der Waals surface area contributed by atoms with Crippen molar-refractivity contribution in [3.8, 4) is 5.75 Å². The van der Waals surface area contributed by atoms with Crippen LogP contribution in [0.15, 0.2) is 84.9 Å². The van der Waals surface area contributed by atoms with Crippen molar-refractivity contribution >= 4 is 23.1 Å². The van der Waals surface area contributed by atoms with E-state index in [4.69, 9.17) is 4.74 Å². The highest BCUT2D eigenvalue weighted by molar-refractivity contribution is 5.78. The molecule has 5 rings (SSSR count). The summed E-state index contributed by atoms with van der Waals surface area (Å²) < 4.78 is 6.03. The highest BCUT2D eigenvalue weighted by Crippen LogP contribution is 2.19. The number of nitrogens with one attached hydrogen (secondary N) is 1. The first-order valence-corrected chi connectivity index (χ1v) is 10.4. The summed E-state index contributed by atoms with van der Waals surface area (Å²) in [5, 5.41) is 15.0. The fourth-order valence-electron chi connectivity index (χ4n) is 3.54. The van der Waals surface area contributed by atoms with Crippen molar-refractivity contribution in [2.45, 2.75) is 13.0 Å². The van der Waals surface area contributed by atoms with Crippen LogP contribution in [0.5, 0.6) is 5.75 Å². The van der Waals surface area contributed by atoms with Gasteiger partial charge in [-0.2, -0.15) is 5.21 Å². The molecule has 0 bridgehead atoms. The Balaban J connectivity index is 1.25. The standard InChI is InChI=1S/C26H21N5O/c1-2-10-25-22(8-1)12-13-23(27-25)18-32-24-9-4-7-21(17-24)16-20-6-3-5-19(15-20)11-14-26-28-30-31-29-26/h1-15,17H,16,18H2,(H,28,29,30,31). The predicted octanol–water partition coefficient (Wildman–Crippen LogP) is 5.09. The average molecular weight is 419 g/mol. The van der Waals surface area contributed by atoms with E-state index in [0.29, 0.717) is 12.4 Å². The minimum absolute atomic E-state index is 0.435. The number of hydrogen-bond acceptors (Lipinski definition) is 5. The Morgan fingerprint density at radius 1 is 0.812 bits per heavy atom. The van der Waals surface area contributed by atoms with Crippen molar-refractivity contribution in [2.24, 2.45) is 0 Å². The summed E-state index contributed by atoms with van der Waals surface area (Å²) in [6.45, 7) is 0.435. The molecule has 0 unspecified atom stereocenters. The van der Waals surface area contributed by atoms with Crippen molar-refractivity contribution in [1.82, 2.24) is 25.6 Å². The van der Waals surface area contributed by atoms with Crippen LogP contribution < -0.4 is 4.74 Å². The lowest BCUT2D eigenvalue weighted by Gasteiger charge is -2.09. The zero-order valence-corrected chi connectivity index (χ0v) is 17.3. The number of para-hydroxylation sites is 1. The van der Waals surface area contributed by atoms with Crippen LogP contribution in [-0.2, 0) is 13.0 Å². The molecule has 156 valence electrons. The van der Waals surface area contributed by atoms with Crippen molar-refractivity contribution < 1.29 is 4.74 Å². The third kappa shape index (κ3) is 4.87. The number of ether oxygens (including phenoxy) is 1. The molecule has 2 heterocycles. The van der Waals surface area contributed by atoms with Gasteiger partial charge in [0.05, 0.1) is 11.2 Å². The van der Waals surface area contributed by atoms with Gasteiger partial charge in [-0.3, -0.25) is 0 Å². The molecule has 6 heteroatoms. The molecule has 32 heavy (non-hydrogen) atoms. The van der Waals surface area contributed by atoms with Crippen molar-refractivity contribution in [3.05, 3.63) is 113 Å². The number of pyridine rings is 1. The average Bonchev–Trinajstić information content (AvgIpc) is 3.36. The molecule has 1 N–H and O–H groups in total. The van der Waals surface area contributed by atoms with E-state index in [2.05, 4.69) is 74.1 Å². The van der Waals surface area contributed by atoms with Gasteiger partial charge < -0.3 is 4.74 Å². The molecule has 0 saturated heterocycles. The van der Waals surface area contributed by atoms with Crippen molar-refractivity contribution in [1.29, 1.82) is 0 Å². The van der Waals surface area contributed by atoms with Gasteiger partial charge in [0.2, 0.25) is 0 Å². The van der Waals surface area contributed by atoms with Gasteiger partial charge in [-0.15, -0.1) is 10.2 Å². The number of H-pyrrole nitrogens is 1. The van der Waals surface area contributed by atoms with Crippen LogP contribution in [-0.4, -0.2) is 25.6 Å². The highest BCUT2D eigenvalue weighted by Gasteiger charge is 2.03. The Hall–Kier alpha value is -4.32. The lowest BCUT2D eigenvalue weighted by atomic mass is 10.0. The number of rotatable bonds is 7. The van der Waals surface area contributed by atoms with Crippen LogP contribution in [0.1, 0.15) is 28.2 Å². The van der Waals surface area contributed by atoms with Crippen molar-refractivity contribution in [2.75, 3.05) is 0 Å². The van der Waals surface area contributed by atoms with Crippen LogP contribution in [0.25, 0.3) is 23.1 Å². The summed E-state index contributed by atoms with van der Waals surface area (Å²) in [5.74, 6) is 1.40. The zero-order chi connectivity index (χ0) is 21.6. The van der Waals surface area contributed by atoms with E-state index in [1.165, 1.54) is 11.1 Å². The molecular formula is C26H21N5O. The maximum Gasteiger partial charge on any atom is 0.197 e. The molecular weight excluding hydrogens is 398 g/mol. The molecule has 3 aromatic carbocycles. The highest BCUT2D eigenvalue weighted by atomic mass is 16.5. The van der Waals surface area contributed by atoms with Gasteiger partial charge in [0, 0.05) is 5.39 Å². The zero-order valence-electron chi connectivity index (χ0n) is 17.3. The van der Waals surface area contributed by atoms with E-state index in [1.54, 1.807) is 0 Å². The van der Waals surface area contributed by atoms with Gasteiger partial charge in [-0.25, -0.2) is 4.98 Å². The van der Waals surface area contributed by atoms with E-state index in [9.17, 15) is 0 Å². The number of benzene rings is 3. The summed E-state index contributed by atoms with van der Waals surface area (Å²) >= 11 is 0. The van der Waals surface area contributed by atoms with E-state index in [-0.39, 0.29) is 0 Å². The fraction of sp³-hybridized carbons (Fsp3) is 0.0769. The van der Waals surface area contributed by atoms with Gasteiger partial charge in [0.1, 0.15) is 12.4 Å². The smallest absolute Gasteiger partial charge is 0.197 e. The molecule has 0 fully saturated rings. The van der Waals surface area contributed by atoms with E-state index in [0.717, 1.165) is 34.3 Å². The second-order valence-corrected chi connectivity index (χ2v) is 7.46. The molecule has 0 atom stereocenters. The van der Waals surface area contributed by atoms with Gasteiger partial charge in [0.15, 0.2) is 5.82 Å². The maximum atomic E-state index is 6.03. The Labute approximate surface area is 185 Å². The molecule has 0 aliphatic carbocycles. The van der Waals surface area contributed by atoms with Gasteiger partial charge in [-0.1, -0.05) is 66.7 Å². The minimum Gasteiger partial charge on any atom is -0.487 e. The van der Waals surface area contributed by atoms with E-state index in [1.807, 2.05) is 48.6 Å². The summed E-state index contributed by atoms with van der Waals surface area (Å²) in [4.78, 5) is 4.68. The first-order chi connectivity index (χ1) is 15.8. The topological polar surface area (TPSA) is 76.6 Å². The number of hydrogen-bond donors (Lipinski definition) is 1. The Bertz CT molecular complexity index is 1360. The second-order valence-electron chi connectivity index (χ2n) is 7.46. The number of aromatic nitrogens is 5. The molecule has 0 saturated carbocycles. The first-order valence-electron chi connectivity index (χ1n) is 10.4. The fourth-order valence-corrected chi connectivity index (χ4v) is 3.54.